The molecule has 0 atom stereocenters. The molecule has 0 bridgehead atoms. The summed E-state index contributed by atoms with van der Waals surface area (Å²) in [6.45, 7) is 8.61. The van der Waals surface area contributed by atoms with Crippen molar-refractivity contribution in [1.29, 1.82) is 0 Å². The van der Waals surface area contributed by atoms with Gasteiger partial charge in [0.1, 0.15) is 17.0 Å². The van der Waals surface area contributed by atoms with Crippen LogP contribution in [0.5, 0.6) is 0 Å². The number of rotatable bonds is 4. The van der Waals surface area contributed by atoms with E-state index in [2.05, 4.69) is 25.1 Å². The fraction of sp³-hybridized carbons (Fsp3) is 0.333. The first-order valence-electron chi connectivity index (χ1n) is 11.4. The molecule has 0 spiro atoms. The van der Waals surface area contributed by atoms with Gasteiger partial charge in [-0.25, -0.2) is 9.97 Å². The summed E-state index contributed by atoms with van der Waals surface area (Å²) in [6.07, 6.45) is 5.22. The Kier molecular flexibility index (Phi) is 5.56. The lowest BCUT2D eigenvalue weighted by Gasteiger charge is -2.35. The van der Waals surface area contributed by atoms with Crippen molar-refractivity contribution in [3.05, 3.63) is 70.2 Å². The van der Waals surface area contributed by atoms with Gasteiger partial charge in [0.15, 0.2) is 11.6 Å². The Morgan fingerprint density at radius 2 is 1.74 bits per heavy atom. The average molecular weight is 459 g/mol. The SMILES string of the molecule is CCn1cc(C(=O)N2CCN(c3ccc(-n4ccnc4C)nn3)CC2)c(=O)c2ccc(C)nc21. The second-order valence-electron chi connectivity index (χ2n) is 8.36. The Hall–Kier alpha value is -4.08. The van der Waals surface area contributed by atoms with Crippen LogP contribution in [0.15, 0.2) is 47.7 Å². The Labute approximate surface area is 196 Å². The number of piperazine rings is 1. The molecule has 0 N–H and O–H groups in total. The molecule has 0 radical (unpaired) electrons. The fourth-order valence-corrected chi connectivity index (χ4v) is 4.30. The van der Waals surface area contributed by atoms with E-state index in [4.69, 9.17) is 0 Å². The van der Waals surface area contributed by atoms with E-state index < -0.39 is 0 Å². The van der Waals surface area contributed by atoms with Gasteiger partial charge in [0.05, 0.1) is 5.39 Å². The lowest BCUT2D eigenvalue weighted by molar-refractivity contribution is 0.0744. The second-order valence-corrected chi connectivity index (χ2v) is 8.36. The molecule has 4 aromatic heterocycles. The third-order valence-corrected chi connectivity index (χ3v) is 6.23. The van der Waals surface area contributed by atoms with Crippen LogP contribution in [0.3, 0.4) is 0 Å². The number of imidazole rings is 1. The third kappa shape index (κ3) is 3.81. The number of hydrogen-bond acceptors (Lipinski definition) is 7. The number of hydrogen-bond donors (Lipinski definition) is 0. The third-order valence-electron chi connectivity index (χ3n) is 6.23. The first kappa shape index (κ1) is 21.7. The van der Waals surface area contributed by atoms with Gasteiger partial charge in [-0.05, 0) is 45.0 Å². The molecule has 1 fully saturated rings. The van der Waals surface area contributed by atoms with E-state index in [0.29, 0.717) is 49.6 Å². The van der Waals surface area contributed by atoms with E-state index in [1.54, 1.807) is 29.4 Å². The van der Waals surface area contributed by atoms with Gasteiger partial charge in [0.2, 0.25) is 5.43 Å². The zero-order valence-corrected chi connectivity index (χ0v) is 19.5. The van der Waals surface area contributed by atoms with Crippen molar-refractivity contribution < 1.29 is 4.79 Å². The Bertz CT molecular complexity index is 1420. The van der Waals surface area contributed by atoms with Crippen molar-refractivity contribution in [1.82, 2.24) is 34.2 Å². The van der Waals surface area contributed by atoms with Gasteiger partial charge in [-0.2, -0.15) is 0 Å². The first-order chi connectivity index (χ1) is 16.5. The lowest BCUT2D eigenvalue weighted by Crippen LogP contribution is -2.50. The molecule has 0 saturated carbocycles. The molecule has 10 nitrogen and oxygen atoms in total. The number of aryl methyl sites for hydroxylation is 3. The van der Waals surface area contributed by atoms with Crippen LogP contribution in [0.25, 0.3) is 16.9 Å². The van der Waals surface area contributed by atoms with Gasteiger partial charge in [-0.3, -0.25) is 14.2 Å². The number of carbonyl (C=O) groups is 1. The number of aromatic nitrogens is 6. The van der Waals surface area contributed by atoms with Crippen molar-refractivity contribution in [3.8, 4) is 5.82 Å². The van der Waals surface area contributed by atoms with Crippen LogP contribution in [0.2, 0.25) is 0 Å². The topological polar surface area (TPSA) is 102 Å². The minimum Gasteiger partial charge on any atom is -0.352 e. The molecule has 5 heterocycles. The predicted molar refractivity (Wildman–Crippen MR) is 128 cm³/mol. The van der Waals surface area contributed by atoms with E-state index in [1.807, 2.05) is 48.2 Å². The fourth-order valence-electron chi connectivity index (χ4n) is 4.30. The zero-order valence-electron chi connectivity index (χ0n) is 19.5. The summed E-state index contributed by atoms with van der Waals surface area (Å²) in [5, 5.41) is 9.17. The molecule has 34 heavy (non-hydrogen) atoms. The highest BCUT2D eigenvalue weighted by molar-refractivity contribution is 5.97. The number of nitrogens with zero attached hydrogens (tertiary/aromatic N) is 8. The molecule has 0 aliphatic carbocycles. The average Bonchev–Trinajstić information content (AvgIpc) is 3.30. The summed E-state index contributed by atoms with van der Waals surface area (Å²) in [6, 6.07) is 7.40. The minimum atomic E-state index is -0.268. The maximum Gasteiger partial charge on any atom is 0.259 e. The minimum absolute atomic E-state index is 0.188. The van der Waals surface area contributed by atoms with E-state index in [0.717, 1.165) is 17.3 Å². The number of pyridine rings is 2. The molecule has 5 rings (SSSR count). The summed E-state index contributed by atoms with van der Waals surface area (Å²) in [5.41, 5.74) is 1.37. The van der Waals surface area contributed by atoms with E-state index in [9.17, 15) is 9.59 Å². The van der Waals surface area contributed by atoms with Gasteiger partial charge in [-0.1, -0.05) is 0 Å². The van der Waals surface area contributed by atoms with Crippen LogP contribution in [-0.4, -0.2) is 66.3 Å². The quantitative estimate of drug-likeness (QED) is 0.461. The Morgan fingerprint density at radius 1 is 1.00 bits per heavy atom. The summed E-state index contributed by atoms with van der Waals surface area (Å²) < 4.78 is 3.74. The molecule has 1 aliphatic rings. The highest BCUT2D eigenvalue weighted by atomic mass is 16.2. The number of carbonyl (C=O) groups excluding carboxylic acids is 1. The maximum atomic E-state index is 13.3. The van der Waals surface area contributed by atoms with Crippen LogP contribution in [0, 0.1) is 13.8 Å². The van der Waals surface area contributed by atoms with E-state index in [1.165, 1.54) is 0 Å². The standard InChI is InChI=1S/C24H26N8O2/c1-4-29-15-19(22(33)18-6-5-16(2)26-23(18)29)24(34)31-13-11-30(12-14-31)20-7-8-21(28-27-20)32-10-9-25-17(32)3/h5-10,15H,4,11-14H2,1-3H3. The predicted octanol–water partition coefficient (Wildman–Crippen LogP) is 1.97. The molecule has 0 aromatic carbocycles. The monoisotopic (exact) mass is 458 g/mol. The van der Waals surface area contributed by atoms with Gasteiger partial charge in [0.25, 0.3) is 5.91 Å². The molecule has 174 valence electrons. The van der Waals surface area contributed by atoms with Crippen LogP contribution in [0.1, 0.15) is 28.8 Å². The molecule has 1 aliphatic heterocycles. The van der Waals surface area contributed by atoms with Crippen LogP contribution < -0.4 is 10.3 Å². The molecular formula is C24H26N8O2. The molecule has 4 aromatic rings. The van der Waals surface area contributed by atoms with Gasteiger partial charge >= 0.3 is 0 Å². The Balaban J connectivity index is 1.32. The molecule has 0 unspecified atom stereocenters. The zero-order chi connectivity index (χ0) is 23.8. The van der Waals surface area contributed by atoms with Crippen molar-refractivity contribution >= 4 is 22.8 Å². The molecular weight excluding hydrogens is 432 g/mol. The van der Waals surface area contributed by atoms with Crippen molar-refractivity contribution in [2.24, 2.45) is 0 Å². The molecule has 1 saturated heterocycles. The van der Waals surface area contributed by atoms with Crippen molar-refractivity contribution in [3.63, 3.8) is 0 Å². The van der Waals surface area contributed by atoms with Gasteiger partial charge in [-0.15, -0.1) is 10.2 Å². The lowest BCUT2D eigenvalue weighted by atomic mass is 10.1. The summed E-state index contributed by atoms with van der Waals surface area (Å²) in [5.74, 6) is 2.07. The number of anilines is 1. The van der Waals surface area contributed by atoms with Crippen LogP contribution in [0.4, 0.5) is 5.82 Å². The largest absolute Gasteiger partial charge is 0.352 e. The van der Waals surface area contributed by atoms with E-state index in [-0.39, 0.29) is 16.9 Å². The molecule has 1 amide bonds. The first-order valence-corrected chi connectivity index (χ1v) is 11.4. The Morgan fingerprint density at radius 3 is 2.38 bits per heavy atom. The van der Waals surface area contributed by atoms with Crippen LogP contribution in [-0.2, 0) is 6.54 Å². The van der Waals surface area contributed by atoms with Crippen molar-refractivity contribution in [2.45, 2.75) is 27.3 Å². The van der Waals surface area contributed by atoms with Crippen LogP contribution >= 0.6 is 0 Å². The van der Waals surface area contributed by atoms with E-state index >= 15 is 0 Å². The molecule has 10 heteroatoms. The highest BCUT2D eigenvalue weighted by Crippen LogP contribution is 2.17. The van der Waals surface area contributed by atoms with Gasteiger partial charge < -0.3 is 14.4 Å². The number of amides is 1. The summed E-state index contributed by atoms with van der Waals surface area (Å²) in [4.78, 5) is 38.9. The number of fused-ring (bicyclic) bond motifs is 1. The smallest absolute Gasteiger partial charge is 0.259 e. The summed E-state index contributed by atoms with van der Waals surface area (Å²) in [7, 11) is 0. The summed E-state index contributed by atoms with van der Waals surface area (Å²) >= 11 is 0. The second kappa shape index (κ2) is 8.69. The highest BCUT2D eigenvalue weighted by Gasteiger charge is 2.26. The maximum absolute atomic E-state index is 13.3. The van der Waals surface area contributed by atoms with Crippen molar-refractivity contribution in [2.75, 3.05) is 31.1 Å². The normalized spacial score (nSPS) is 14.1. The van der Waals surface area contributed by atoms with Gasteiger partial charge in [0, 0.05) is 57.0 Å².